The fourth-order valence-electron chi connectivity index (χ4n) is 4.81. The van der Waals surface area contributed by atoms with Gasteiger partial charge < -0.3 is 10.2 Å². The number of nitrogens with zero attached hydrogens (tertiary/aromatic N) is 3. The van der Waals surface area contributed by atoms with Crippen LogP contribution in [0.15, 0.2) is 102 Å². The van der Waals surface area contributed by atoms with Crippen LogP contribution in [0.5, 0.6) is 0 Å². The number of amides is 2. The Morgan fingerprint density at radius 2 is 1.56 bits per heavy atom. The number of carbonyl (C=O) groups excluding carboxylic acids is 2. The van der Waals surface area contributed by atoms with Gasteiger partial charge in [0, 0.05) is 43.2 Å². The summed E-state index contributed by atoms with van der Waals surface area (Å²) in [4.78, 5) is 27.5. The molecule has 0 radical (unpaired) electrons. The Bertz CT molecular complexity index is 1510. The van der Waals surface area contributed by atoms with Gasteiger partial charge in [-0.3, -0.25) is 9.59 Å². The van der Waals surface area contributed by atoms with Gasteiger partial charge in [0.2, 0.25) is 5.91 Å². The Hall–Kier alpha value is -4.24. The molecule has 8 nitrogen and oxygen atoms in total. The second kappa shape index (κ2) is 11.7. The minimum absolute atomic E-state index is 0.0350. The molecular weight excluding hydrogens is 512 g/mol. The van der Waals surface area contributed by atoms with E-state index in [1.165, 1.54) is 12.1 Å². The van der Waals surface area contributed by atoms with E-state index in [-0.39, 0.29) is 28.9 Å². The van der Waals surface area contributed by atoms with E-state index in [2.05, 4.69) is 10.4 Å². The molecule has 1 N–H and O–H groups in total. The van der Waals surface area contributed by atoms with Gasteiger partial charge in [-0.25, -0.2) is 13.1 Å². The summed E-state index contributed by atoms with van der Waals surface area (Å²) in [5, 5.41) is 7.00. The first-order valence-electron chi connectivity index (χ1n) is 13.0. The Labute approximate surface area is 228 Å². The molecule has 0 spiro atoms. The first-order chi connectivity index (χ1) is 18.9. The van der Waals surface area contributed by atoms with Gasteiger partial charge in [-0.2, -0.15) is 5.10 Å². The summed E-state index contributed by atoms with van der Waals surface area (Å²) < 4.78 is 26.6. The number of anilines is 1. The van der Waals surface area contributed by atoms with Crippen molar-refractivity contribution in [2.45, 2.75) is 30.1 Å². The lowest BCUT2D eigenvalue weighted by Crippen LogP contribution is -2.37. The van der Waals surface area contributed by atoms with E-state index < -0.39 is 9.84 Å². The standard InChI is InChI=1S/C30H30N4O4S/c35-29(17-22-39(37,38)28-5-2-1-3-6-28)32-26-11-7-23(8-12-26)24-15-20-33(21-16-24)30(36)25-9-13-27(14-10-25)34-19-4-18-31-34/h1-14,18-19,24H,15-17,20-22H2,(H,32,35). The van der Waals surface area contributed by atoms with Gasteiger partial charge in [0.1, 0.15) is 0 Å². The molecule has 0 aliphatic carbocycles. The summed E-state index contributed by atoms with van der Waals surface area (Å²) in [7, 11) is -3.50. The fraction of sp³-hybridized carbons (Fsp3) is 0.233. The van der Waals surface area contributed by atoms with Crippen molar-refractivity contribution in [1.29, 1.82) is 0 Å². The molecule has 2 heterocycles. The minimum Gasteiger partial charge on any atom is -0.339 e. The van der Waals surface area contributed by atoms with Crippen LogP contribution in [-0.2, 0) is 14.6 Å². The molecule has 1 aromatic heterocycles. The van der Waals surface area contributed by atoms with Crippen molar-refractivity contribution in [2.75, 3.05) is 24.2 Å². The summed E-state index contributed by atoms with van der Waals surface area (Å²) in [6.45, 7) is 1.36. The van der Waals surface area contributed by atoms with Crippen molar-refractivity contribution in [3.8, 4) is 5.69 Å². The Kier molecular flexibility index (Phi) is 7.88. The van der Waals surface area contributed by atoms with Crippen molar-refractivity contribution in [2.24, 2.45) is 0 Å². The molecule has 4 aromatic rings. The lowest BCUT2D eigenvalue weighted by Gasteiger charge is -2.32. The topological polar surface area (TPSA) is 101 Å². The highest BCUT2D eigenvalue weighted by atomic mass is 32.2. The van der Waals surface area contributed by atoms with E-state index in [0.717, 1.165) is 24.1 Å². The monoisotopic (exact) mass is 542 g/mol. The van der Waals surface area contributed by atoms with Crippen LogP contribution in [-0.4, -0.2) is 53.8 Å². The third-order valence-corrected chi connectivity index (χ3v) is 8.76. The average Bonchev–Trinajstić information content (AvgIpc) is 3.52. The first kappa shape index (κ1) is 26.4. The molecule has 39 heavy (non-hydrogen) atoms. The van der Waals surface area contributed by atoms with Gasteiger partial charge in [0.25, 0.3) is 5.91 Å². The van der Waals surface area contributed by atoms with Crippen LogP contribution in [0.3, 0.4) is 0 Å². The minimum atomic E-state index is -3.50. The summed E-state index contributed by atoms with van der Waals surface area (Å²) >= 11 is 0. The van der Waals surface area contributed by atoms with Gasteiger partial charge in [0.05, 0.1) is 16.3 Å². The summed E-state index contributed by atoms with van der Waals surface area (Å²) in [5.41, 5.74) is 3.37. The number of piperidine rings is 1. The zero-order chi connectivity index (χ0) is 27.2. The highest BCUT2D eigenvalue weighted by Crippen LogP contribution is 2.29. The molecule has 3 aromatic carbocycles. The number of aromatic nitrogens is 2. The second-order valence-corrected chi connectivity index (χ2v) is 11.7. The van der Waals surface area contributed by atoms with Crippen LogP contribution < -0.4 is 5.32 Å². The number of hydrogen-bond acceptors (Lipinski definition) is 5. The Morgan fingerprint density at radius 3 is 2.21 bits per heavy atom. The lowest BCUT2D eigenvalue weighted by molar-refractivity contribution is -0.115. The molecule has 2 amide bonds. The van der Waals surface area contributed by atoms with Gasteiger partial charge in [-0.1, -0.05) is 30.3 Å². The number of rotatable bonds is 8. The molecule has 9 heteroatoms. The van der Waals surface area contributed by atoms with Gasteiger partial charge >= 0.3 is 0 Å². The summed E-state index contributed by atoms with van der Waals surface area (Å²) in [5.74, 6) is -0.219. The quantitative estimate of drug-likeness (QED) is 0.348. The average molecular weight is 543 g/mol. The summed E-state index contributed by atoms with van der Waals surface area (Å²) in [6.07, 6.45) is 5.19. The summed E-state index contributed by atoms with van der Waals surface area (Å²) in [6, 6.07) is 25.2. The molecule has 1 fully saturated rings. The fourth-order valence-corrected chi connectivity index (χ4v) is 6.07. The predicted octanol–water partition coefficient (Wildman–Crippen LogP) is 4.69. The number of likely N-dealkylation sites (tertiary alicyclic amines) is 1. The molecule has 0 atom stereocenters. The van der Waals surface area contributed by atoms with Crippen molar-refractivity contribution < 1.29 is 18.0 Å². The van der Waals surface area contributed by atoms with Crippen LogP contribution in [0.4, 0.5) is 5.69 Å². The second-order valence-electron chi connectivity index (χ2n) is 9.62. The Balaban J connectivity index is 1.10. The van der Waals surface area contributed by atoms with Crippen molar-refractivity contribution in [1.82, 2.24) is 14.7 Å². The van der Waals surface area contributed by atoms with E-state index in [4.69, 9.17) is 0 Å². The largest absolute Gasteiger partial charge is 0.339 e. The zero-order valence-corrected chi connectivity index (χ0v) is 22.3. The van der Waals surface area contributed by atoms with E-state index in [9.17, 15) is 18.0 Å². The third-order valence-electron chi connectivity index (χ3n) is 7.03. The third kappa shape index (κ3) is 6.43. The maximum absolute atomic E-state index is 13.0. The zero-order valence-electron chi connectivity index (χ0n) is 21.4. The first-order valence-corrected chi connectivity index (χ1v) is 14.6. The lowest BCUT2D eigenvalue weighted by atomic mass is 9.89. The van der Waals surface area contributed by atoms with Gasteiger partial charge in [-0.15, -0.1) is 0 Å². The van der Waals surface area contributed by atoms with Crippen molar-refractivity contribution >= 4 is 27.3 Å². The van der Waals surface area contributed by atoms with Crippen molar-refractivity contribution in [3.05, 3.63) is 108 Å². The highest BCUT2D eigenvalue weighted by molar-refractivity contribution is 7.91. The van der Waals surface area contributed by atoms with Gasteiger partial charge in [0.15, 0.2) is 9.84 Å². The number of carbonyl (C=O) groups is 2. The molecule has 1 aliphatic rings. The van der Waals surface area contributed by atoms with E-state index in [0.29, 0.717) is 30.3 Å². The molecule has 5 rings (SSSR count). The molecule has 1 saturated heterocycles. The number of benzene rings is 3. The normalized spacial score (nSPS) is 14.2. The Morgan fingerprint density at radius 1 is 0.872 bits per heavy atom. The van der Waals surface area contributed by atoms with Gasteiger partial charge in [-0.05, 0) is 78.9 Å². The molecular formula is C30H30N4O4S. The van der Waals surface area contributed by atoms with Crippen LogP contribution in [0.2, 0.25) is 0 Å². The van der Waals surface area contributed by atoms with E-state index >= 15 is 0 Å². The maximum Gasteiger partial charge on any atom is 0.253 e. The number of hydrogen-bond donors (Lipinski definition) is 1. The maximum atomic E-state index is 13.0. The molecule has 200 valence electrons. The van der Waals surface area contributed by atoms with E-state index in [1.54, 1.807) is 29.1 Å². The molecule has 1 aliphatic heterocycles. The smallest absolute Gasteiger partial charge is 0.253 e. The predicted molar refractivity (Wildman–Crippen MR) is 150 cm³/mol. The van der Waals surface area contributed by atoms with Crippen LogP contribution >= 0.6 is 0 Å². The number of nitrogens with one attached hydrogen (secondary N) is 1. The molecule has 0 bridgehead atoms. The highest BCUT2D eigenvalue weighted by Gasteiger charge is 2.25. The van der Waals surface area contributed by atoms with Crippen LogP contribution in [0, 0.1) is 0 Å². The SMILES string of the molecule is O=C(CCS(=O)(=O)c1ccccc1)Nc1ccc(C2CCN(C(=O)c3ccc(-n4cccn4)cc3)CC2)cc1. The van der Waals surface area contributed by atoms with Crippen LogP contribution in [0.1, 0.15) is 41.1 Å². The van der Waals surface area contributed by atoms with Crippen molar-refractivity contribution in [3.63, 3.8) is 0 Å². The van der Waals surface area contributed by atoms with Crippen LogP contribution in [0.25, 0.3) is 5.69 Å². The molecule has 0 saturated carbocycles. The number of sulfone groups is 1. The van der Waals surface area contributed by atoms with E-state index in [1.807, 2.05) is 65.7 Å². The molecule has 0 unspecified atom stereocenters.